The van der Waals surface area contributed by atoms with Crippen LogP contribution in [0.5, 0.6) is 5.75 Å². The highest BCUT2D eigenvalue weighted by molar-refractivity contribution is 6.32. The molecule has 1 aromatic heterocycles. The molecule has 0 aliphatic heterocycles. The standard InChI is InChI=1S/C21H21ClN4O2/c1-14-23-18(21(27)26(2)13-15-7-5-4-6-8-15)12-20(24-14)25-16-9-10-19(28-3)17(22)11-16/h4-12H,13H2,1-3H3,(H,23,24,25). The van der Waals surface area contributed by atoms with Crippen molar-refractivity contribution >= 4 is 29.0 Å². The molecule has 0 radical (unpaired) electrons. The Bertz CT molecular complexity index is 979. The lowest BCUT2D eigenvalue weighted by Gasteiger charge is -2.17. The number of hydrogen-bond acceptors (Lipinski definition) is 5. The predicted octanol–water partition coefficient (Wildman–Crippen LogP) is 4.46. The van der Waals surface area contributed by atoms with E-state index in [1.54, 1.807) is 44.2 Å². The second kappa shape index (κ2) is 8.71. The summed E-state index contributed by atoms with van der Waals surface area (Å²) in [4.78, 5) is 23.1. The summed E-state index contributed by atoms with van der Waals surface area (Å²) in [5, 5.41) is 3.64. The molecule has 0 fully saturated rings. The number of carbonyl (C=O) groups is 1. The second-order valence-electron chi connectivity index (χ2n) is 6.31. The summed E-state index contributed by atoms with van der Waals surface area (Å²) >= 11 is 6.17. The van der Waals surface area contributed by atoms with Crippen molar-refractivity contribution in [3.63, 3.8) is 0 Å². The Morgan fingerprint density at radius 2 is 1.89 bits per heavy atom. The average Bonchev–Trinajstić information content (AvgIpc) is 2.68. The van der Waals surface area contributed by atoms with Gasteiger partial charge in [0, 0.05) is 25.3 Å². The van der Waals surface area contributed by atoms with E-state index in [0.29, 0.717) is 34.7 Å². The van der Waals surface area contributed by atoms with E-state index in [0.717, 1.165) is 11.3 Å². The highest BCUT2D eigenvalue weighted by atomic mass is 35.5. The third kappa shape index (κ3) is 4.78. The first kappa shape index (κ1) is 19.6. The smallest absolute Gasteiger partial charge is 0.272 e. The van der Waals surface area contributed by atoms with Gasteiger partial charge < -0.3 is 15.0 Å². The number of hydrogen-bond donors (Lipinski definition) is 1. The van der Waals surface area contributed by atoms with Gasteiger partial charge in [0.1, 0.15) is 23.1 Å². The van der Waals surface area contributed by atoms with Crippen molar-refractivity contribution in [3.05, 3.63) is 76.7 Å². The molecule has 7 heteroatoms. The van der Waals surface area contributed by atoms with Crippen LogP contribution >= 0.6 is 11.6 Å². The average molecular weight is 397 g/mol. The van der Waals surface area contributed by atoms with Gasteiger partial charge >= 0.3 is 0 Å². The van der Waals surface area contributed by atoms with Crippen LogP contribution in [0.25, 0.3) is 0 Å². The summed E-state index contributed by atoms with van der Waals surface area (Å²) in [6.07, 6.45) is 0. The van der Waals surface area contributed by atoms with Gasteiger partial charge in [0.15, 0.2) is 0 Å². The number of nitrogens with zero attached hydrogens (tertiary/aromatic N) is 3. The number of aryl methyl sites for hydroxylation is 1. The predicted molar refractivity (Wildman–Crippen MR) is 110 cm³/mol. The van der Waals surface area contributed by atoms with Crippen LogP contribution in [0.1, 0.15) is 21.9 Å². The van der Waals surface area contributed by atoms with E-state index in [2.05, 4.69) is 15.3 Å². The van der Waals surface area contributed by atoms with Gasteiger partial charge in [-0.05, 0) is 30.7 Å². The number of nitrogens with one attached hydrogen (secondary N) is 1. The molecule has 0 unspecified atom stereocenters. The largest absolute Gasteiger partial charge is 0.495 e. The van der Waals surface area contributed by atoms with Crippen LogP contribution in [0.3, 0.4) is 0 Å². The first-order valence-corrected chi connectivity index (χ1v) is 9.09. The van der Waals surface area contributed by atoms with E-state index in [4.69, 9.17) is 16.3 Å². The van der Waals surface area contributed by atoms with Crippen LogP contribution < -0.4 is 10.1 Å². The summed E-state index contributed by atoms with van der Waals surface area (Å²) in [5.41, 5.74) is 2.11. The fourth-order valence-corrected chi connectivity index (χ4v) is 3.02. The molecule has 0 spiro atoms. The first-order chi connectivity index (χ1) is 13.5. The zero-order chi connectivity index (χ0) is 20.1. The Hall–Kier alpha value is -3.12. The minimum Gasteiger partial charge on any atom is -0.495 e. The molecule has 28 heavy (non-hydrogen) atoms. The molecule has 0 bridgehead atoms. The van der Waals surface area contributed by atoms with Gasteiger partial charge in [0.25, 0.3) is 5.91 Å². The van der Waals surface area contributed by atoms with Crippen LogP contribution in [0.4, 0.5) is 11.5 Å². The van der Waals surface area contributed by atoms with E-state index < -0.39 is 0 Å². The van der Waals surface area contributed by atoms with Crippen LogP contribution in [0.2, 0.25) is 5.02 Å². The summed E-state index contributed by atoms with van der Waals surface area (Å²) in [7, 11) is 3.31. The lowest BCUT2D eigenvalue weighted by Crippen LogP contribution is -2.27. The molecule has 0 atom stereocenters. The SMILES string of the molecule is COc1ccc(Nc2cc(C(=O)N(C)Cc3ccccc3)nc(C)n2)cc1Cl. The zero-order valence-electron chi connectivity index (χ0n) is 15.9. The number of carbonyl (C=O) groups excluding carboxylic acids is 1. The maximum Gasteiger partial charge on any atom is 0.272 e. The van der Waals surface area contributed by atoms with Gasteiger partial charge in [-0.15, -0.1) is 0 Å². The topological polar surface area (TPSA) is 67.3 Å². The number of amides is 1. The molecule has 0 aliphatic carbocycles. The van der Waals surface area contributed by atoms with Crippen molar-refractivity contribution in [2.45, 2.75) is 13.5 Å². The van der Waals surface area contributed by atoms with Crippen molar-refractivity contribution in [1.82, 2.24) is 14.9 Å². The highest BCUT2D eigenvalue weighted by Gasteiger charge is 2.16. The van der Waals surface area contributed by atoms with E-state index in [-0.39, 0.29) is 5.91 Å². The van der Waals surface area contributed by atoms with E-state index in [1.165, 1.54) is 0 Å². The Labute approximate surface area is 169 Å². The number of anilines is 2. The number of ether oxygens (including phenoxy) is 1. The third-order valence-corrected chi connectivity index (χ3v) is 4.39. The van der Waals surface area contributed by atoms with Gasteiger partial charge in [0.2, 0.25) is 0 Å². The van der Waals surface area contributed by atoms with E-state index in [9.17, 15) is 4.79 Å². The minimum absolute atomic E-state index is 0.176. The van der Waals surface area contributed by atoms with Crippen LogP contribution in [0, 0.1) is 6.92 Å². The molecule has 2 aromatic carbocycles. The van der Waals surface area contributed by atoms with Gasteiger partial charge in [-0.25, -0.2) is 9.97 Å². The van der Waals surface area contributed by atoms with Crippen LogP contribution in [0.15, 0.2) is 54.6 Å². The minimum atomic E-state index is -0.176. The lowest BCUT2D eigenvalue weighted by atomic mass is 10.2. The molecular weight excluding hydrogens is 376 g/mol. The Morgan fingerprint density at radius 1 is 1.14 bits per heavy atom. The molecule has 3 aromatic rings. The molecule has 1 heterocycles. The molecule has 0 saturated heterocycles. The van der Waals surface area contributed by atoms with Gasteiger partial charge in [-0.2, -0.15) is 0 Å². The number of halogens is 1. The van der Waals surface area contributed by atoms with Gasteiger partial charge in [-0.3, -0.25) is 4.79 Å². The Kier molecular flexibility index (Phi) is 6.11. The third-order valence-electron chi connectivity index (χ3n) is 4.09. The maximum absolute atomic E-state index is 12.8. The lowest BCUT2D eigenvalue weighted by molar-refractivity contribution is 0.0779. The van der Waals surface area contributed by atoms with Crippen molar-refractivity contribution in [1.29, 1.82) is 0 Å². The number of aromatic nitrogens is 2. The molecule has 0 saturated carbocycles. The van der Waals surface area contributed by atoms with Gasteiger partial charge in [0.05, 0.1) is 12.1 Å². The van der Waals surface area contributed by atoms with Crippen molar-refractivity contribution < 1.29 is 9.53 Å². The fourth-order valence-electron chi connectivity index (χ4n) is 2.76. The van der Waals surface area contributed by atoms with E-state index >= 15 is 0 Å². The highest BCUT2D eigenvalue weighted by Crippen LogP contribution is 2.28. The van der Waals surface area contributed by atoms with Crippen molar-refractivity contribution in [2.24, 2.45) is 0 Å². The van der Waals surface area contributed by atoms with Crippen molar-refractivity contribution in [2.75, 3.05) is 19.5 Å². The summed E-state index contributed by atoms with van der Waals surface area (Å²) in [5.74, 6) is 1.43. The molecule has 144 valence electrons. The summed E-state index contributed by atoms with van der Waals surface area (Å²) in [6, 6.07) is 16.8. The number of benzene rings is 2. The molecular formula is C21H21ClN4O2. The van der Waals surface area contributed by atoms with Crippen LogP contribution in [-0.4, -0.2) is 34.9 Å². The Morgan fingerprint density at radius 3 is 2.57 bits per heavy atom. The monoisotopic (exact) mass is 396 g/mol. The number of methoxy groups -OCH3 is 1. The quantitative estimate of drug-likeness (QED) is 0.666. The summed E-state index contributed by atoms with van der Waals surface area (Å²) in [6.45, 7) is 2.25. The second-order valence-corrected chi connectivity index (χ2v) is 6.71. The summed E-state index contributed by atoms with van der Waals surface area (Å²) < 4.78 is 5.16. The molecule has 3 rings (SSSR count). The van der Waals surface area contributed by atoms with Gasteiger partial charge in [-0.1, -0.05) is 41.9 Å². The zero-order valence-corrected chi connectivity index (χ0v) is 16.7. The van der Waals surface area contributed by atoms with Crippen LogP contribution in [-0.2, 0) is 6.54 Å². The van der Waals surface area contributed by atoms with E-state index in [1.807, 2.05) is 36.4 Å². The van der Waals surface area contributed by atoms with Crippen molar-refractivity contribution in [3.8, 4) is 5.75 Å². The Balaban J connectivity index is 1.78. The number of rotatable bonds is 6. The molecule has 0 aliphatic rings. The first-order valence-electron chi connectivity index (χ1n) is 8.72. The molecule has 1 N–H and O–H groups in total. The maximum atomic E-state index is 12.8. The molecule has 1 amide bonds. The molecule has 6 nitrogen and oxygen atoms in total. The fraction of sp³-hybridized carbons (Fsp3) is 0.190. The normalized spacial score (nSPS) is 10.4.